The van der Waals surface area contributed by atoms with Crippen LogP contribution in [-0.2, 0) is 36.8 Å². The molecule has 1 aromatic heterocycles. The van der Waals surface area contributed by atoms with Crippen molar-refractivity contribution in [2.45, 2.75) is 71.8 Å². The number of thiophene rings is 1. The van der Waals surface area contributed by atoms with Gasteiger partial charge in [-0.1, -0.05) is 30.3 Å². The fraction of sp³-hybridized carbons (Fsp3) is 0.464. The third kappa shape index (κ3) is 8.68. The molecule has 0 fully saturated rings. The second-order valence-electron chi connectivity index (χ2n) is 11.3. The number of alkyl carbamates (subject to hydrolysis) is 1. The normalized spacial score (nSPS) is 14.9. The molecule has 12 nitrogen and oxygen atoms in total. The SMILES string of the molecule is CC(C)(C)OC(=O)C(=O)Nc1sc2c(c1C(=O)OC(C)(C)C)CCN(C(=O)O)C2CNC(=O)OCc1ccccc1. The van der Waals surface area contributed by atoms with Gasteiger partial charge >= 0.3 is 30.0 Å². The highest BCUT2D eigenvalue weighted by molar-refractivity contribution is 7.17. The molecule has 0 radical (unpaired) electrons. The Morgan fingerprint density at radius 3 is 2.22 bits per heavy atom. The van der Waals surface area contributed by atoms with Crippen molar-refractivity contribution in [3.05, 3.63) is 51.9 Å². The van der Waals surface area contributed by atoms with Gasteiger partial charge in [0.1, 0.15) is 22.8 Å². The summed E-state index contributed by atoms with van der Waals surface area (Å²) in [6.45, 7) is 9.74. The molecule has 13 heteroatoms. The molecule has 0 aliphatic carbocycles. The van der Waals surface area contributed by atoms with E-state index in [1.54, 1.807) is 53.7 Å². The number of anilines is 1. The zero-order valence-corrected chi connectivity index (χ0v) is 24.7. The van der Waals surface area contributed by atoms with Gasteiger partial charge in [-0.05, 0) is 59.1 Å². The summed E-state index contributed by atoms with van der Waals surface area (Å²) in [4.78, 5) is 64.5. The molecule has 1 aliphatic heterocycles. The first kappa shape index (κ1) is 31.4. The fourth-order valence-electron chi connectivity index (χ4n) is 4.03. The number of fused-ring (bicyclic) bond motifs is 1. The minimum Gasteiger partial charge on any atom is -0.465 e. The van der Waals surface area contributed by atoms with Crippen molar-refractivity contribution in [1.82, 2.24) is 10.2 Å². The Morgan fingerprint density at radius 1 is 1.00 bits per heavy atom. The summed E-state index contributed by atoms with van der Waals surface area (Å²) in [5.74, 6) is -2.99. The van der Waals surface area contributed by atoms with Crippen LogP contribution in [0.15, 0.2) is 30.3 Å². The topological polar surface area (TPSA) is 161 Å². The highest BCUT2D eigenvalue weighted by Gasteiger charge is 2.39. The molecule has 3 N–H and O–H groups in total. The lowest BCUT2D eigenvalue weighted by Gasteiger charge is -2.33. The number of benzene rings is 1. The van der Waals surface area contributed by atoms with E-state index in [1.165, 1.54) is 0 Å². The average molecular weight is 590 g/mol. The Morgan fingerprint density at radius 2 is 1.63 bits per heavy atom. The smallest absolute Gasteiger partial charge is 0.407 e. The van der Waals surface area contributed by atoms with Crippen molar-refractivity contribution >= 4 is 46.4 Å². The maximum absolute atomic E-state index is 13.3. The van der Waals surface area contributed by atoms with E-state index in [0.717, 1.165) is 21.8 Å². The van der Waals surface area contributed by atoms with Crippen LogP contribution in [0.1, 0.15) is 73.9 Å². The van der Waals surface area contributed by atoms with E-state index < -0.39 is 47.3 Å². The van der Waals surface area contributed by atoms with E-state index >= 15 is 0 Å². The Bertz CT molecular complexity index is 1310. The average Bonchev–Trinajstić information content (AvgIpc) is 3.22. The monoisotopic (exact) mass is 589 g/mol. The van der Waals surface area contributed by atoms with Crippen LogP contribution in [0, 0.1) is 0 Å². The predicted octanol–water partition coefficient (Wildman–Crippen LogP) is 4.49. The highest BCUT2D eigenvalue weighted by Crippen LogP contribution is 2.43. The number of carbonyl (C=O) groups excluding carboxylic acids is 4. The van der Waals surface area contributed by atoms with Gasteiger partial charge in [0.25, 0.3) is 0 Å². The van der Waals surface area contributed by atoms with Gasteiger partial charge in [0.15, 0.2) is 0 Å². The van der Waals surface area contributed by atoms with Gasteiger partial charge < -0.3 is 30.0 Å². The zero-order valence-electron chi connectivity index (χ0n) is 23.9. The summed E-state index contributed by atoms with van der Waals surface area (Å²) in [7, 11) is 0. The number of ether oxygens (including phenoxy) is 3. The molecular formula is C28H35N3O9S. The molecule has 0 saturated carbocycles. The maximum Gasteiger partial charge on any atom is 0.407 e. The molecule has 1 atom stereocenters. The van der Waals surface area contributed by atoms with E-state index in [1.807, 2.05) is 18.2 Å². The van der Waals surface area contributed by atoms with Crippen LogP contribution in [-0.4, -0.2) is 64.3 Å². The lowest BCUT2D eigenvalue weighted by molar-refractivity contribution is -0.161. The Kier molecular flexibility index (Phi) is 9.64. The van der Waals surface area contributed by atoms with Gasteiger partial charge in [-0.25, -0.2) is 19.2 Å². The van der Waals surface area contributed by atoms with Crippen molar-refractivity contribution in [3.63, 3.8) is 0 Å². The van der Waals surface area contributed by atoms with Crippen molar-refractivity contribution < 1.29 is 43.3 Å². The lowest BCUT2D eigenvalue weighted by Crippen LogP contribution is -2.44. The van der Waals surface area contributed by atoms with E-state index in [4.69, 9.17) is 14.2 Å². The highest BCUT2D eigenvalue weighted by atomic mass is 32.1. The van der Waals surface area contributed by atoms with Crippen molar-refractivity contribution in [1.29, 1.82) is 0 Å². The standard InChI is InChI=1S/C28H35N3O9S/c1-27(2,3)39-23(33)19-17-12-13-31(26(36)37)18(14-29-25(35)38-15-16-10-8-7-9-11-16)20(17)41-22(19)30-21(32)24(34)40-28(4,5)6/h7-11,18H,12-15H2,1-6H3,(H,29,35)(H,30,32)(H,36,37). The third-order valence-corrected chi connectivity index (χ3v) is 6.88. The summed E-state index contributed by atoms with van der Waals surface area (Å²) in [5, 5.41) is 14.9. The number of rotatable bonds is 6. The molecule has 3 amide bonds. The van der Waals surface area contributed by atoms with Crippen LogP contribution in [0.3, 0.4) is 0 Å². The molecule has 222 valence electrons. The first-order chi connectivity index (χ1) is 19.1. The molecule has 1 aliphatic rings. The molecule has 0 saturated heterocycles. The summed E-state index contributed by atoms with van der Waals surface area (Å²) >= 11 is 0.933. The van der Waals surface area contributed by atoms with E-state index in [-0.39, 0.29) is 36.7 Å². The third-order valence-electron chi connectivity index (χ3n) is 5.63. The number of amides is 3. The molecule has 2 heterocycles. The lowest BCUT2D eigenvalue weighted by atomic mass is 9.97. The Balaban J connectivity index is 1.91. The van der Waals surface area contributed by atoms with Gasteiger partial charge in [-0.2, -0.15) is 0 Å². The van der Waals surface area contributed by atoms with Gasteiger partial charge in [0, 0.05) is 18.0 Å². The second-order valence-corrected chi connectivity index (χ2v) is 12.3. The fourth-order valence-corrected chi connectivity index (χ4v) is 5.37. The minimum absolute atomic E-state index is 0.0136. The Hall–Kier alpha value is -4.13. The van der Waals surface area contributed by atoms with Gasteiger partial charge in [-0.15, -0.1) is 11.3 Å². The summed E-state index contributed by atoms with van der Waals surface area (Å²) < 4.78 is 16.0. The molecule has 0 bridgehead atoms. The predicted molar refractivity (Wildman–Crippen MR) is 150 cm³/mol. The summed E-state index contributed by atoms with van der Waals surface area (Å²) in [6, 6.07) is 8.14. The minimum atomic E-state index is -1.23. The molecule has 1 unspecified atom stereocenters. The van der Waals surface area contributed by atoms with Gasteiger partial charge in [0.2, 0.25) is 0 Å². The number of carbonyl (C=O) groups is 5. The summed E-state index contributed by atoms with van der Waals surface area (Å²) in [6.07, 6.45) is -1.84. The van der Waals surface area contributed by atoms with Crippen LogP contribution in [0.5, 0.6) is 0 Å². The van der Waals surface area contributed by atoms with Crippen LogP contribution in [0.25, 0.3) is 0 Å². The molecular weight excluding hydrogens is 554 g/mol. The van der Waals surface area contributed by atoms with E-state index in [9.17, 15) is 29.1 Å². The quantitative estimate of drug-likeness (QED) is 0.251. The number of carboxylic acid groups (broad SMARTS) is 1. The largest absolute Gasteiger partial charge is 0.465 e. The van der Waals surface area contributed by atoms with Gasteiger partial charge in [-0.3, -0.25) is 9.69 Å². The van der Waals surface area contributed by atoms with Crippen LogP contribution in [0.4, 0.5) is 14.6 Å². The van der Waals surface area contributed by atoms with E-state index in [2.05, 4.69) is 10.6 Å². The molecule has 1 aromatic carbocycles. The maximum atomic E-state index is 13.3. The number of esters is 2. The van der Waals surface area contributed by atoms with E-state index in [0.29, 0.717) is 10.4 Å². The number of nitrogens with zero attached hydrogens (tertiary/aromatic N) is 1. The number of hydrogen-bond acceptors (Lipinski definition) is 9. The van der Waals surface area contributed by atoms with Crippen molar-refractivity contribution in [3.8, 4) is 0 Å². The van der Waals surface area contributed by atoms with Crippen molar-refractivity contribution in [2.75, 3.05) is 18.4 Å². The molecule has 0 spiro atoms. The van der Waals surface area contributed by atoms with Crippen LogP contribution < -0.4 is 10.6 Å². The summed E-state index contributed by atoms with van der Waals surface area (Å²) in [5.41, 5.74) is -0.529. The van der Waals surface area contributed by atoms with Crippen molar-refractivity contribution in [2.24, 2.45) is 0 Å². The Labute approximate surface area is 241 Å². The van der Waals surface area contributed by atoms with Crippen LogP contribution in [0.2, 0.25) is 0 Å². The molecule has 41 heavy (non-hydrogen) atoms. The zero-order chi connectivity index (χ0) is 30.5. The first-order valence-corrected chi connectivity index (χ1v) is 13.7. The van der Waals surface area contributed by atoms with Gasteiger partial charge in [0.05, 0.1) is 11.6 Å². The second kappa shape index (κ2) is 12.6. The number of hydrogen-bond donors (Lipinski definition) is 3. The number of nitrogens with one attached hydrogen (secondary N) is 2. The first-order valence-electron chi connectivity index (χ1n) is 12.9. The molecule has 2 aromatic rings. The van der Waals surface area contributed by atoms with Crippen LogP contribution >= 0.6 is 11.3 Å². The molecule has 3 rings (SSSR count).